The Bertz CT molecular complexity index is 402. The Morgan fingerprint density at radius 2 is 2.00 bits per heavy atom. The molecule has 1 aliphatic carbocycles. The predicted molar refractivity (Wildman–Crippen MR) is 80.4 cm³/mol. The second kappa shape index (κ2) is 6.56. The predicted octanol–water partition coefficient (Wildman–Crippen LogP) is 3.14. The average molecular weight is 263 g/mol. The largest absolute Gasteiger partial charge is 0.314 e. The van der Waals surface area contributed by atoms with Crippen molar-refractivity contribution in [3.63, 3.8) is 0 Å². The third-order valence-corrected chi connectivity index (χ3v) is 4.80. The van der Waals surface area contributed by atoms with Crippen molar-refractivity contribution in [3.8, 4) is 0 Å². The molecule has 0 spiro atoms. The van der Waals surface area contributed by atoms with Gasteiger partial charge in [-0.15, -0.1) is 0 Å². The Morgan fingerprint density at radius 1 is 1.32 bits per heavy atom. The number of aryl methyl sites for hydroxylation is 2. The van der Waals surface area contributed by atoms with Crippen LogP contribution in [0.1, 0.15) is 56.0 Å². The molecular formula is C16H29N3. The Balaban J connectivity index is 1.97. The first-order chi connectivity index (χ1) is 9.13. The summed E-state index contributed by atoms with van der Waals surface area (Å²) in [5.74, 6) is 0.900. The molecule has 1 aliphatic rings. The highest BCUT2D eigenvalue weighted by atomic mass is 15.3. The molecule has 3 heteroatoms. The Kier molecular flexibility index (Phi) is 5.03. The van der Waals surface area contributed by atoms with Crippen LogP contribution in [-0.4, -0.2) is 22.4 Å². The average Bonchev–Trinajstić information content (AvgIpc) is 2.97. The van der Waals surface area contributed by atoms with Gasteiger partial charge in [-0.25, -0.2) is 0 Å². The van der Waals surface area contributed by atoms with Crippen LogP contribution in [0.2, 0.25) is 0 Å². The molecule has 1 aromatic heterocycles. The summed E-state index contributed by atoms with van der Waals surface area (Å²) >= 11 is 0. The fraction of sp³-hybridized carbons (Fsp3) is 0.812. The van der Waals surface area contributed by atoms with Crippen molar-refractivity contribution in [3.05, 3.63) is 17.0 Å². The smallest absolute Gasteiger partial charge is 0.0628 e. The fourth-order valence-electron chi connectivity index (χ4n) is 3.61. The van der Waals surface area contributed by atoms with Gasteiger partial charge in [-0.3, -0.25) is 4.68 Å². The summed E-state index contributed by atoms with van der Waals surface area (Å²) in [6.45, 7) is 7.64. The van der Waals surface area contributed by atoms with Gasteiger partial charge in [0.15, 0.2) is 0 Å². The molecule has 1 atom stereocenters. The lowest BCUT2D eigenvalue weighted by Gasteiger charge is -2.24. The number of rotatable bonds is 6. The zero-order chi connectivity index (χ0) is 13.8. The summed E-state index contributed by atoms with van der Waals surface area (Å²) in [6, 6.07) is 0.700. The van der Waals surface area contributed by atoms with Crippen LogP contribution in [0, 0.1) is 19.8 Å². The van der Waals surface area contributed by atoms with E-state index in [0.717, 1.165) is 12.5 Å². The highest BCUT2D eigenvalue weighted by Crippen LogP contribution is 2.30. The maximum Gasteiger partial charge on any atom is 0.0628 e. The molecule has 1 fully saturated rings. The van der Waals surface area contributed by atoms with Gasteiger partial charge in [-0.05, 0) is 57.6 Å². The van der Waals surface area contributed by atoms with E-state index in [4.69, 9.17) is 0 Å². The summed E-state index contributed by atoms with van der Waals surface area (Å²) in [6.07, 6.45) is 8.12. The van der Waals surface area contributed by atoms with E-state index in [1.54, 1.807) is 0 Å². The van der Waals surface area contributed by atoms with Crippen LogP contribution in [0.25, 0.3) is 0 Å². The molecule has 1 saturated carbocycles. The molecule has 3 nitrogen and oxygen atoms in total. The van der Waals surface area contributed by atoms with E-state index in [9.17, 15) is 0 Å². The van der Waals surface area contributed by atoms with Crippen LogP contribution in [0.5, 0.6) is 0 Å². The minimum Gasteiger partial charge on any atom is -0.314 e. The molecule has 1 heterocycles. The number of aromatic nitrogens is 2. The number of nitrogens with one attached hydrogen (secondary N) is 1. The van der Waals surface area contributed by atoms with E-state index in [1.807, 2.05) is 11.7 Å². The van der Waals surface area contributed by atoms with Gasteiger partial charge >= 0.3 is 0 Å². The molecule has 0 amide bonds. The molecule has 19 heavy (non-hydrogen) atoms. The third-order valence-electron chi connectivity index (χ3n) is 4.80. The van der Waals surface area contributed by atoms with E-state index in [0.29, 0.717) is 6.04 Å². The van der Waals surface area contributed by atoms with Gasteiger partial charge in [0.1, 0.15) is 0 Å². The van der Waals surface area contributed by atoms with E-state index in [2.05, 4.69) is 31.2 Å². The molecule has 0 aliphatic heterocycles. The lowest BCUT2D eigenvalue weighted by atomic mass is 9.92. The second-order valence-corrected chi connectivity index (χ2v) is 6.02. The maximum absolute atomic E-state index is 4.53. The van der Waals surface area contributed by atoms with Gasteiger partial charge in [-0.1, -0.05) is 19.8 Å². The van der Waals surface area contributed by atoms with Gasteiger partial charge in [0.2, 0.25) is 0 Å². The molecule has 108 valence electrons. The molecule has 1 unspecified atom stereocenters. The molecular weight excluding hydrogens is 234 g/mol. The first-order valence-electron chi connectivity index (χ1n) is 7.86. The SMILES string of the molecule is CCNC(CCc1c(C)nn(C)c1C)C1CCCC1. The maximum atomic E-state index is 4.53. The van der Waals surface area contributed by atoms with E-state index in [-0.39, 0.29) is 0 Å². The topological polar surface area (TPSA) is 29.9 Å². The van der Waals surface area contributed by atoms with Crippen LogP contribution >= 0.6 is 0 Å². The van der Waals surface area contributed by atoms with Crippen molar-refractivity contribution >= 4 is 0 Å². The minimum absolute atomic E-state index is 0.700. The lowest BCUT2D eigenvalue weighted by molar-refractivity contribution is 0.346. The summed E-state index contributed by atoms with van der Waals surface area (Å²) in [5.41, 5.74) is 4.00. The van der Waals surface area contributed by atoms with Gasteiger partial charge in [0.25, 0.3) is 0 Å². The lowest BCUT2D eigenvalue weighted by Crippen LogP contribution is -2.35. The standard InChI is InChI=1S/C16H29N3/c1-5-17-16(14-8-6-7-9-14)11-10-15-12(2)18-19(4)13(15)3/h14,16-17H,5-11H2,1-4H3. The van der Waals surface area contributed by atoms with Gasteiger partial charge in [0, 0.05) is 18.8 Å². The van der Waals surface area contributed by atoms with Crippen LogP contribution < -0.4 is 5.32 Å². The Hall–Kier alpha value is -0.830. The van der Waals surface area contributed by atoms with E-state index >= 15 is 0 Å². The zero-order valence-electron chi connectivity index (χ0n) is 13.0. The van der Waals surface area contributed by atoms with E-state index < -0.39 is 0 Å². The highest BCUT2D eigenvalue weighted by Gasteiger charge is 2.24. The zero-order valence-corrected chi connectivity index (χ0v) is 13.0. The fourth-order valence-corrected chi connectivity index (χ4v) is 3.61. The van der Waals surface area contributed by atoms with Crippen molar-refractivity contribution in [2.75, 3.05) is 6.54 Å². The van der Waals surface area contributed by atoms with Crippen LogP contribution in [-0.2, 0) is 13.5 Å². The molecule has 0 aromatic carbocycles. The number of hydrogen-bond donors (Lipinski definition) is 1. The van der Waals surface area contributed by atoms with Crippen molar-refractivity contribution < 1.29 is 0 Å². The molecule has 1 aromatic rings. The van der Waals surface area contributed by atoms with Crippen molar-refractivity contribution in [1.29, 1.82) is 0 Å². The summed E-state index contributed by atoms with van der Waals surface area (Å²) in [4.78, 5) is 0. The van der Waals surface area contributed by atoms with Crippen molar-refractivity contribution in [2.24, 2.45) is 13.0 Å². The Morgan fingerprint density at radius 3 is 2.53 bits per heavy atom. The van der Waals surface area contributed by atoms with Crippen molar-refractivity contribution in [2.45, 2.75) is 65.3 Å². The van der Waals surface area contributed by atoms with Crippen LogP contribution in [0.4, 0.5) is 0 Å². The molecule has 0 radical (unpaired) electrons. The van der Waals surface area contributed by atoms with Crippen molar-refractivity contribution in [1.82, 2.24) is 15.1 Å². The third kappa shape index (κ3) is 3.38. The first-order valence-corrected chi connectivity index (χ1v) is 7.86. The summed E-state index contributed by atoms with van der Waals surface area (Å²) < 4.78 is 2.02. The Labute approximate surface area is 117 Å². The van der Waals surface area contributed by atoms with Crippen LogP contribution in [0.15, 0.2) is 0 Å². The molecule has 0 saturated heterocycles. The molecule has 2 rings (SSSR count). The quantitative estimate of drug-likeness (QED) is 0.854. The first kappa shape index (κ1) is 14.6. The number of nitrogens with zero attached hydrogens (tertiary/aromatic N) is 2. The van der Waals surface area contributed by atoms with Gasteiger partial charge < -0.3 is 5.32 Å². The van der Waals surface area contributed by atoms with Gasteiger partial charge in [0.05, 0.1) is 5.69 Å². The highest BCUT2D eigenvalue weighted by molar-refractivity contribution is 5.24. The minimum atomic E-state index is 0.700. The summed E-state index contributed by atoms with van der Waals surface area (Å²) in [7, 11) is 2.05. The molecule has 0 bridgehead atoms. The number of hydrogen-bond acceptors (Lipinski definition) is 2. The normalized spacial score (nSPS) is 18.1. The monoisotopic (exact) mass is 263 g/mol. The van der Waals surface area contributed by atoms with Crippen LogP contribution in [0.3, 0.4) is 0 Å². The summed E-state index contributed by atoms with van der Waals surface area (Å²) in [5, 5.41) is 8.24. The second-order valence-electron chi connectivity index (χ2n) is 6.02. The van der Waals surface area contributed by atoms with E-state index in [1.165, 1.54) is 55.5 Å². The van der Waals surface area contributed by atoms with Gasteiger partial charge in [-0.2, -0.15) is 5.10 Å². The molecule has 1 N–H and O–H groups in total.